The summed E-state index contributed by atoms with van der Waals surface area (Å²) in [4.78, 5) is 10.9. The van der Waals surface area contributed by atoms with Crippen molar-refractivity contribution in [2.24, 2.45) is 5.92 Å². The van der Waals surface area contributed by atoms with E-state index in [-0.39, 0.29) is 5.92 Å². The first-order valence-corrected chi connectivity index (χ1v) is 6.12. The van der Waals surface area contributed by atoms with Gasteiger partial charge in [0.15, 0.2) is 0 Å². The molecular formula is C14H21NO3. The minimum atomic E-state index is -0.757. The average Bonchev–Trinajstić information content (AvgIpc) is 2.34. The van der Waals surface area contributed by atoms with E-state index >= 15 is 0 Å². The zero-order chi connectivity index (χ0) is 13.7. The maximum atomic E-state index is 10.9. The molecule has 1 unspecified atom stereocenters. The van der Waals surface area contributed by atoms with Gasteiger partial charge in [0.25, 0.3) is 0 Å². The summed E-state index contributed by atoms with van der Waals surface area (Å²) in [5.74, 6) is -0.261. The summed E-state index contributed by atoms with van der Waals surface area (Å²) in [5.41, 5.74) is 3.13. The van der Waals surface area contributed by atoms with E-state index in [1.54, 1.807) is 7.11 Å². The molecule has 0 saturated carbocycles. The van der Waals surface area contributed by atoms with Crippen LogP contribution >= 0.6 is 0 Å². The molecule has 0 aliphatic rings. The molecule has 1 aromatic carbocycles. The van der Waals surface area contributed by atoms with Gasteiger partial charge in [0, 0.05) is 12.2 Å². The van der Waals surface area contributed by atoms with Crippen molar-refractivity contribution in [2.75, 3.05) is 19.0 Å². The smallest absolute Gasteiger partial charge is 0.308 e. The Balaban J connectivity index is 2.80. The molecule has 100 valence electrons. The summed E-state index contributed by atoms with van der Waals surface area (Å²) >= 11 is 0. The van der Waals surface area contributed by atoms with Crippen molar-refractivity contribution in [2.45, 2.75) is 27.2 Å². The Bertz CT molecular complexity index is 429. The van der Waals surface area contributed by atoms with Crippen LogP contribution in [0.2, 0.25) is 0 Å². The SMILES string of the molecule is CCC(CNc1ccc(OC)c(C)c1C)C(=O)O. The predicted octanol–water partition coefficient (Wildman–Crippen LogP) is 2.83. The van der Waals surface area contributed by atoms with Crippen molar-refractivity contribution in [1.29, 1.82) is 0 Å². The maximum Gasteiger partial charge on any atom is 0.308 e. The summed E-state index contributed by atoms with van der Waals surface area (Å²) in [6, 6.07) is 3.82. The standard InChI is InChI=1S/C14H21NO3/c1-5-11(14(16)17)8-15-12-6-7-13(18-4)10(3)9(12)2/h6-7,11,15H,5,8H2,1-4H3,(H,16,17). The van der Waals surface area contributed by atoms with Crippen molar-refractivity contribution >= 4 is 11.7 Å². The number of rotatable bonds is 6. The lowest BCUT2D eigenvalue weighted by Gasteiger charge is -2.16. The largest absolute Gasteiger partial charge is 0.496 e. The maximum absolute atomic E-state index is 10.9. The van der Waals surface area contributed by atoms with Crippen LogP contribution in [-0.4, -0.2) is 24.7 Å². The van der Waals surface area contributed by atoms with Crippen LogP contribution in [0.4, 0.5) is 5.69 Å². The number of methoxy groups -OCH3 is 1. The molecule has 0 radical (unpaired) electrons. The van der Waals surface area contributed by atoms with Crippen molar-refractivity contribution in [1.82, 2.24) is 0 Å². The lowest BCUT2D eigenvalue weighted by molar-refractivity contribution is -0.141. The van der Waals surface area contributed by atoms with E-state index in [1.807, 2.05) is 32.9 Å². The van der Waals surface area contributed by atoms with Crippen LogP contribution in [0.5, 0.6) is 5.75 Å². The fourth-order valence-corrected chi connectivity index (χ4v) is 1.85. The zero-order valence-electron chi connectivity index (χ0n) is 11.4. The molecule has 0 fully saturated rings. The van der Waals surface area contributed by atoms with Gasteiger partial charge in [-0.25, -0.2) is 0 Å². The first kappa shape index (κ1) is 14.4. The number of ether oxygens (including phenoxy) is 1. The van der Waals surface area contributed by atoms with E-state index in [0.717, 1.165) is 22.6 Å². The van der Waals surface area contributed by atoms with E-state index in [0.29, 0.717) is 13.0 Å². The Morgan fingerprint density at radius 1 is 1.39 bits per heavy atom. The minimum Gasteiger partial charge on any atom is -0.496 e. The van der Waals surface area contributed by atoms with Gasteiger partial charge in [0.05, 0.1) is 13.0 Å². The van der Waals surface area contributed by atoms with E-state index in [9.17, 15) is 4.79 Å². The number of carboxylic acids is 1. The van der Waals surface area contributed by atoms with Gasteiger partial charge in [0.2, 0.25) is 0 Å². The highest BCUT2D eigenvalue weighted by Gasteiger charge is 2.15. The Labute approximate surface area is 108 Å². The van der Waals surface area contributed by atoms with Crippen molar-refractivity contribution in [3.63, 3.8) is 0 Å². The minimum absolute atomic E-state index is 0.355. The predicted molar refractivity (Wildman–Crippen MR) is 72.4 cm³/mol. The van der Waals surface area contributed by atoms with Crippen LogP contribution in [0.25, 0.3) is 0 Å². The van der Waals surface area contributed by atoms with E-state index in [1.165, 1.54) is 0 Å². The van der Waals surface area contributed by atoms with E-state index < -0.39 is 5.97 Å². The molecule has 0 aliphatic carbocycles. The molecule has 0 saturated heterocycles. The summed E-state index contributed by atoms with van der Waals surface area (Å²) in [6.07, 6.45) is 0.622. The van der Waals surface area contributed by atoms with Crippen molar-refractivity contribution in [3.05, 3.63) is 23.3 Å². The molecular weight excluding hydrogens is 230 g/mol. The van der Waals surface area contributed by atoms with Gasteiger partial charge in [-0.15, -0.1) is 0 Å². The van der Waals surface area contributed by atoms with Crippen LogP contribution in [0.15, 0.2) is 12.1 Å². The number of hydrogen-bond donors (Lipinski definition) is 2. The quantitative estimate of drug-likeness (QED) is 0.816. The Morgan fingerprint density at radius 3 is 2.56 bits per heavy atom. The van der Waals surface area contributed by atoms with Crippen LogP contribution in [0, 0.1) is 19.8 Å². The summed E-state index contributed by atoms with van der Waals surface area (Å²) in [6.45, 7) is 6.32. The third kappa shape index (κ3) is 3.15. The van der Waals surface area contributed by atoms with E-state index in [2.05, 4.69) is 5.32 Å². The third-order valence-corrected chi connectivity index (χ3v) is 3.34. The number of aliphatic carboxylic acids is 1. The van der Waals surface area contributed by atoms with Gasteiger partial charge < -0.3 is 15.2 Å². The number of nitrogens with one attached hydrogen (secondary N) is 1. The van der Waals surface area contributed by atoms with Gasteiger partial charge in [-0.1, -0.05) is 6.92 Å². The first-order valence-electron chi connectivity index (χ1n) is 6.12. The van der Waals surface area contributed by atoms with Gasteiger partial charge >= 0.3 is 5.97 Å². The first-order chi connectivity index (χ1) is 8.51. The molecule has 0 amide bonds. The highest BCUT2D eigenvalue weighted by atomic mass is 16.5. The molecule has 1 atom stereocenters. The molecule has 0 heterocycles. The molecule has 1 aromatic rings. The highest BCUT2D eigenvalue weighted by molar-refractivity contribution is 5.71. The average molecular weight is 251 g/mol. The molecule has 0 aliphatic heterocycles. The van der Waals surface area contributed by atoms with Gasteiger partial charge in [-0.05, 0) is 43.5 Å². The molecule has 0 bridgehead atoms. The highest BCUT2D eigenvalue weighted by Crippen LogP contribution is 2.27. The zero-order valence-corrected chi connectivity index (χ0v) is 11.4. The van der Waals surface area contributed by atoms with Crippen LogP contribution in [0.1, 0.15) is 24.5 Å². The van der Waals surface area contributed by atoms with Crippen molar-refractivity contribution < 1.29 is 14.6 Å². The molecule has 4 heteroatoms. The second-order valence-corrected chi connectivity index (χ2v) is 4.39. The van der Waals surface area contributed by atoms with Crippen LogP contribution in [-0.2, 0) is 4.79 Å². The van der Waals surface area contributed by atoms with Crippen LogP contribution < -0.4 is 10.1 Å². The number of carboxylic acid groups (broad SMARTS) is 1. The number of benzene rings is 1. The molecule has 0 spiro atoms. The lowest BCUT2D eigenvalue weighted by atomic mass is 10.0. The van der Waals surface area contributed by atoms with Gasteiger partial charge in [-0.2, -0.15) is 0 Å². The van der Waals surface area contributed by atoms with Gasteiger partial charge in [0.1, 0.15) is 5.75 Å². The number of hydrogen-bond acceptors (Lipinski definition) is 3. The van der Waals surface area contributed by atoms with Gasteiger partial charge in [-0.3, -0.25) is 4.79 Å². The monoisotopic (exact) mass is 251 g/mol. The summed E-state index contributed by atoms with van der Waals surface area (Å²) in [7, 11) is 1.65. The summed E-state index contributed by atoms with van der Waals surface area (Å²) < 4.78 is 5.24. The summed E-state index contributed by atoms with van der Waals surface area (Å²) in [5, 5.41) is 12.2. The Hall–Kier alpha value is -1.71. The fraction of sp³-hybridized carbons (Fsp3) is 0.500. The molecule has 0 aromatic heterocycles. The Morgan fingerprint density at radius 2 is 2.06 bits per heavy atom. The number of anilines is 1. The molecule has 4 nitrogen and oxygen atoms in total. The lowest BCUT2D eigenvalue weighted by Crippen LogP contribution is -2.22. The normalized spacial score (nSPS) is 12.0. The van der Waals surface area contributed by atoms with E-state index in [4.69, 9.17) is 9.84 Å². The number of carbonyl (C=O) groups is 1. The molecule has 2 N–H and O–H groups in total. The fourth-order valence-electron chi connectivity index (χ4n) is 1.85. The van der Waals surface area contributed by atoms with Crippen LogP contribution in [0.3, 0.4) is 0 Å². The second-order valence-electron chi connectivity index (χ2n) is 4.39. The molecule has 1 rings (SSSR count). The third-order valence-electron chi connectivity index (χ3n) is 3.34. The topological polar surface area (TPSA) is 58.6 Å². The molecule has 18 heavy (non-hydrogen) atoms. The van der Waals surface area contributed by atoms with Crippen molar-refractivity contribution in [3.8, 4) is 5.75 Å². The Kier molecular flexibility index (Phi) is 5.01. The second kappa shape index (κ2) is 6.28.